The minimum Gasteiger partial charge on any atom is -0.320 e. The highest BCUT2D eigenvalue weighted by molar-refractivity contribution is 9.10. The molecule has 0 radical (unpaired) electrons. The first-order valence-corrected chi connectivity index (χ1v) is 9.21. The maximum Gasteiger partial charge on any atom is 0.175 e. The lowest BCUT2D eigenvalue weighted by Gasteiger charge is -2.17. The molecule has 21 heavy (non-hydrogen) atoms. The lowest BCUT2D eigenvalue weighted by atomic mass is 9.94. The van der Waals surface area contributed by atoms with Crippen molar-refractivity contribution in [2.75, 3.05) is 6.26 Å². The Morgan fingerprint density at radius 2 is 1.62 bits per heavy atom. The van der Waals surface area contributed by atoms with Gasteiger partial charge in [0.1, 0.15) is 0 Å². The van der Waals surface area contributed by atoms with Crippen molar-refractivity contribution < 1.29 is 8.42 Å². The van der Waals surface area contributed by atoms with Gasteiger partial charge in [-0.1, -0.05) is 34.1 Å². The highest BCUT2D eigenvalue weighted by Crippen LogP contribution is 2.28. The molecule has 1 atom stereocenters. The van der Waals surface area contributed by atoms with Crippen molar-refractivity contribution in [1.29, 1.82) is 0 Å². The van der Waals surface area contributed by atoms with Crippen LogP contribution in [0.25, 0.3) is 0 Å². The highest BCUT2D eigenvalue weighted by Gasteiger charge is 2.14. The maximum atomic E-state index is 11.5. The zero-order valence-electron chi connectivity index (χ0n) is 12.2. The first-order valence-electron chi connectivity index (χ1n) is 6.52. The van der Waals surface area contributed by atoms with Gasteiger partial charge in [-0.15, -0.1) is 0 Å². The molecule has 5 heteroatoms. The molecular weight excluding hydrogens is 350 g/mol. The van der Waals surface area contributed by atoms with Crippen molar-refractivity contribution >= 4 is 25.8 Å². The van der Waals surface area contributed by atoms with E-state index in [-0.39, 0.29) is 6.04 Å². The molecule has 0 aliphatic rings. The van der Waals surface area contributed by atoms with Gasteiger partial charge in [-0.2, -0.15) is 0 Å². The van der Waals surface area contributed by atoms with Crippen LogP contribution in [0, 0.1) is 13.8 Å². The first kappa shape index (κ1) is 16.2. The maximum absolute atomic E-state index is 11.5. The Kier molecular flexibility index (Phi) is 4.56. The summed E-state index contributed by atoms with van der Waals surface area (Å²) in [5.41, 5.74) is 10.5. The molecule has 1 unspecified atom stereocenters. The molecule has 112 valence electrons. The van der Waals surface area contributed by atoms with E-state index in [1.807, 2.05) is 13.8 Å². The third-order valence-corrected chi connectivity index (χ3v) is 5.53. The van der Waals surface area contributed by atoms with Gasteiger partial charge in [0.25, 0.3) is 0 Å². The summed E-state index contributed by atoms with van der Waals surface area (Å²) in [6.45, 7) is 4.04. The molecule has 2 aromatic carbocycles. The minimum absolute atomic E-state index is 0.273. The normalized spacial score (nSPS) is 13.2. The standard InChI is InChI=1S/C16H18BrNO2S/c1-10-9-15(17)11(2)8-14(10)16(18)12-4-6-13(7-5-12)21(3,19)20/h4-9,16H,18H2,1-3H3. The van der Waals surface area contributed by atoms with E-state index in [1.165, 1.54) is 6.26 Å². The molecule has 0 aliphatic carbocycles. The largest absolute Gasteiger partial charge is 0.320 e. The Labute approximate surface area is 134 Å². The molecule has 0 saturated carbocycles. The predicted octanol–water partition coefficient (Wildman–Crippen LogP) is 3.52. The predicted molar refractivity (Wildman–Crippen MR) is 89.2 cm³/mol. The average Bonchev–Trinajstić information content (AvgIpc) is 2.41. The van der Waals surface area contributed by atoms with E-state index in [0.717, 1.165) is 26.7 Å². The van der Waals surface area contributed by atoms with Crippen molar-refractivity contribution in [3.05, 3.63) is 63.1 Å². The summed E-state index contributed by atoms with van der Waals surface area (Å²) in [6.07, 6.45) is 1.20. The van der Waals surface area contributed by atoms with Crippen LogP contribution in [0.5, 0.6) is 0 Å². The molecule has 0 aromatic heterocycles. The average molecular weight is 368 g/mol. The van der Waals surface area contributed by atoms with E-state index < -0.39 is 9.84 Å². The van der Waals surface area contributed by atoms with Crippen LogP contribution in [0.4, 0.5) is 0 Å². The molecule has 0 amide bonds. The molecule has 0 fully saturated rings. The van der Waals surface area contributed by atoms with Gasteiger partial charge in [-0.3, -0.25) is 0 Å². The summed E-state index contributed by atoms with van der Waals surface area (Å²) in [6, 6.07) is 10.6. The van der Waals surface area contributed by atoms with Gasteiger partial charge in [-0.05, 0) is 54.3 Å². The van der Waals surface area contributed by atoms with E-state index in [1.54, 1.807) is 24.3 Å². The van der Waals surface area contributed by atoms with Gasteiger partial charge in [-0.25, -0.2) is 8.42 Å². The van der Waals surface area contributed by atoms with Crippen molar-refractivity contribution in [1.82, 2.24) is 0 Å². The summed E-state index contributed by atoms with van der Waals surface area (Å²) < 4.78 is 24.0. The van der Waals surface area contributed by atoms with Gasteiger partial charge < -0.3 is 5.73 Å². The molecule has 0 aliphatic heterocycles. The van der Waals surface area contributed by atoms with Gasteiger partial charge in [0.05, 0.1) is 10.9 Å². The van der Waals surface area contributed by atoms with Crippen LogP contribution in [-0.2, 0) is 9.84 Å². The zero-order valence-corrected chi connectivity index (χ0v) is 14.6. The molecule has 0 heterocycles. The molecule has 2 rings (SSSR count). The Morgan fingerprint density at radius 1 is 1.05 bits per heavy atom. The summed E-state index contributed by atoms with van der Waals surface area (Å²) >= 11 is 3.51. The smallest absolute Gasteiger partial charge is 0.175 e. The van der Waals surface area contributed by atoms with Crippen LogP contribution in [0.3, 0.4) is 0 Å². The highest BCUT2D eigenvalue weighted by atomic mass is 79.9. The van der Waals surface area contributed by atoms with E-state index in [9.17, 15) is 8.42 Å². The number of hydrogen-bond donors (Lipinski definition) is 1. The van der Waals surface area contributed by atoms with Crippen LogP contribution >= 0.6 is 15.9 Å². The van der Waals surface area contributed by atoms with Gasteiger partial charge >= 0.3 is 0 Å². The zero-order chi connectivity index (χ0) is 15.8. The third-order valence-electron chi connectivity index (χ3n) is 3.55. The molecule has 2 N–H and O–H groups in total. The number of rotatable bonds is 3. The topological polar surface area (TPSA) is 60.2 Å². The Hall–Kier alpha value is -1.17. The monoisotopic (exact) mass is 367 g/mol. The lowest BCUT2D eigenvalue weighted by molar-refractivity contribution is 0.602. The second kappa shape index (κ2) is 5.91. The quantitative estimate of drug-likeness (QED) is 0.902. The summed E-state index contributed by atoms with van der Waals surface area (Å²) in [7, 11) is -3.18. The van der Waals surface area contributed by atoms with E-state index >= 15 is 0 Å². The fourth-order valence-corrected chi connectivity index (χ4v) is 3.33. The summed E-state index contributed by atoms with van der Waals surface area (Å²) in [4.78, 5) is 0.308. The second-order valence-corrected chi connectivity index (χ2v) is 8.15. The molecular formula is C16H18BrNO2S. The van der Waals surface area contributed by atoms with Crippen LogP contribution in [0.1, 0.15) is 28.3 Å². The number of sulfone groups is 1. The third kappa shape index (κ3) is 3.54. The van der Waals surface area contributed by atoms with Crippen LogP contribution in [0.15, 0.2) is 45.8 Å². The lowest BCUT2D eigenvalue weighted by Crippen LogP contribution is -2.14. The van der Waals surface area contributed by atoms with Crippen molar-refractivity contribution in [3.63, 3.8) is 0 Å². The molecule has 2 aromatic rings. The van der Waals surface area contributed by atoms with Crippen molar-refractivity contribution in [2.45, 2.75) is 24.8 Å². The van der Waals surface area contributed by atoms with Crippen molar-refractivity contribution in [2.24, 2.45) is 5.73 Å². The summed E-state index contributed by atoms with van der Waals surface area (Å²) in [5, 5.41) is 0. The van der Waals surface area contributed by atoms with Crippen LogP contribution in [0.2, 0.25) is 0 Å². The summed E-state index contributed by atoms with van der Waals surface area (Å²) in [5.74, 6) is 0. The minimum atomic E-state index is -3.18. The Balaban J connectivity index is 2.41. The van der Waals surface area contributed by atoms with E-state index in [2.05, 4.69) is 28.1 Å². The van der Waals surface area contributed by atoms with Crippen molar-refractivity contribution in [3.8, 4) is 0 Å². The fourth-order valence-electron chi connectivity index (χ4n) is 2.24. The molecule has 0 bridgehead atoms. The molecule has 0 saturated heterocycles. The fraction of sp³-hybridized carbons (Fsp3) is 0.250. The number of hydrogen-bond acceptors (Lipinski definition) is 3. The SMILES string of the molecule is Cc1cc(C(N)c2ccc(S(C)(=O)=O)cc2)c(C)cc1Br. The number of nitrogens with two attached hydrogens (primary N) is 1. The van der Waals surface area contributed by atoms with Crippen LogP contribution in [-0.4, -0.2) is 14.7 Å². The van der Waals surface area contributed by atoms with E-state index in [4.69, 9.17) is 5.73 Å². The Morgan fingerprint density at radius 3 is 2.14 bits per heavy atom. The number of benzene rings is 2. The molecule has 3 nitrogen and oxygen atoms in total. The molecule has 0 spiro atoms. The number of aryl methyl sites for hydroxylation is 2. The number of halogens is 1. The second-order valence-electron chi connectivity index (χ2n) is 5.28. The van der Waals surface area contributed by atoms with Gasteiger partial charge in [0.15, 0.2) is 9.84 Å². The first-order chi connectivity index (χ1) is 9.70. The Bertz CT molecular complexity index is 768. The van der Waals surface area contributed by atoms with E-state index in [0.29, 0.717) is 4.90 Å². The van der Waals surface area contributed by atoms with Gasteiger partial charge in [0, 0.05) is 10.7 Å². The van der Waals surface area contributed by atoms with Gasteiger partial charge in [0.2, 0.25) is 0 Å². The van der Waals surface area contributed by atoms with Crippen LogP contribution < -0.4 is 5.73 Å².